The number of aromatic nitrogens is 2. The first-order valence-electron chi connectivity index (χ1n) is 3.32. The van der Waals surface area contributed by atoms with Crippen molar-refractivity contribution < 1.29 is 4.74 Å². The summed E-state index contributed by atoms with van der Waals surface area (Å²) in [6, 6.07) is 0. The van der Waals surface area contributed by atoms with Crippen LogP contribution >= 0.6 is 0 Å². The summed E-state index contributed by atoms with van der Waals surface area (Å²) in [6.45, 7) is 1.46. The van der Waals surface area contributed by atoms with Crippen LogP contribution < -0.4 is 0 Å². The zero-order valence-electron chi connectivity index (χ0n) is 5.58. The third-order valence-corrected chi connectivity index (χ3v) is 1.64. The molecule has 0 atom stereocenters. The number of hydrogen-bond donors (Lipinski definition) is 0. The Hall–Kier alpha value is -0.960. The average molecular weight is 136 g/mol. The van der Waals surface area contributed by atoms with E-state index in [9.17, 15) is 0 Å². The second-order valence-corrected chi connectivity index (χ2v) is 2.30. The molecule has 0 spiro atoms. The normalized spacial score (nSPS) is 16.4. The first-order chi connectivity index (χ1) is 4.97. The van der Waals surface area contributed by atoms with Gasteiger partial charge in [0.15, 0.2) is 0 Å². The van der Waals surface area contributed by atoms with E-state index in [1.807, 2.05) is 6.20 Å². The molecule has 1 aliphatic rings. The SMILES string of the molecule is c1ncc2c(n1)COCC2. The van der Waals surface area contributed by atoms with Crippen molar-refractivity contribution in [2.75, 3.05) is 6.61 Å². The molecule has 2 heterocycles. The van der Waals surface area contributed by atoms with Gasteiger partial charge in [-0.15, -0.1) is 0 Å². The highest BCUT2D eigenvalue weighted by Crippen LogP contribution is 2.10. The van der Waals surface area contributed by atoms with Gasteiger partial charge >= 0.3 is 0 Å². The Balaban J connectivity index is 2.41. The molecule has 10 heavy (non-hydrogen) atoms. The standard InChI is InChI=1S/C7H8N2O/c1-2-10-4-7-6(1)3-8-5-9-7/h3,5H,1-2,4H2. The quantitative estimate of drug-likeness (QED) is 0.522. The summed E-state index contributed by atoms with van der Waals surface area (Å²) in [4.78, 5) is 8.01. The van der Waals surface area contributed by atoms with Gasteiger partial charge in [0.05, 0.1) is 18.9 Å². The predicted molar refractivity (Wildman–Crippen MR) is 35.4 cm³/mol. The van der Waals surface area contributed by atoms with Crippen molar-refractivity contribution in [3.63, 3.8) is 0 Å². The Bertz CT molecular complexity index is 212. The highest BCUT2D eigenvalue weighted by Gasteiger charge is 2.08. The van der Waals surface area contributed by atoms with Gasteiger partial charge in [-0.2, -0.15) is 0 Å². The maximum atomic E-state index is 5.21. The minimum Gasteiger partial charge on any atom is -0.375 e. The fraction of sp³-hybridized carbons (Fsp3) is 0.429. The van der Waals surface area contributed by atoms with Crippen molar-refractivity contribution in [3.8, 4) is 0 Å². The Morgan fingerprint density at radius 1 is 1.50 bits per heavy atom. The molecule has 0 amide bonds. The summed E-state index contributed by atoms with van der Waals surface area (Å²) < 4.78 is 5.21. The van der Waals surface area contributed by atoms with Crippen LogP contribution in [0.1, 0.15) is 11.3 Å². The van der Waals surface area contributed by atoms with Crippen LogP contribution in [0.3, 0.4) is 0 Å². The molecule has 0 aliphatic carbocycles. The zero-order valence-corrected chi connectivity index (χ0v) is 5.58. The van der Waals surface area contributed by atoms with Gasteiger partial charge < -0.3 is 4.74 Å². The predicted octanol–water partition coefficient (Wildman–Crippen LogP) is 0.549. The van der Waals surface area contributed by atoms with Crippen molar-refractivity contribution in [2.24, 2.45) is 0 Å². The van der Waals surface area contributed by atoms with Gasteiger partial charge in [0.25, 0.3) is 0 Å². The van der Waals surface area contributed by atoms with Gasteiger partial charge in [0.2, 0.25) is 0 Å². The number of rotatable bonds is 0. The van der Waals surface area contributed by atoms with Gasteiger partial charge in [-0.25, -0.2) is 9.97 Å². The van der Waals surface area contributed by atoms with Gasteiger partial charge in [-0.3, -0.25) is 0 Å². The van der Waals surface area contributed by atoms with Crippen molar-refractivity contribution in [3.05, 3.63) is 23.8 Å². The molecule has 0 N–H and O–H groups in total. The molecule has 0 fully saturated rings. The van der Waals surface area contributed by atoms with E-state index in [1.54, 1.807) is 6.33 Å². The highest BCUT2D eigenvalue weighted by atomic mass is 16.5. The molecule has 0 saturated carbocycles. The van der Waals surface area contributed by atoms with Gasteiger partial charge in [-0.1, -0.05) is 0 Å². The summed E-state index contributed by atoms with van der Waals surface area (Å²) in [6.07, 6.45) is 4.38. The lowest BCUT2D eigenvalue weighted by molar-refractivity contribution is 0.107. The fourth-order valence-electron chi connectivity index (χ4n) is 1.07. The number of fused-ring (bicyclic) bond motifs is 1. The molecular formula is C7H8N2O. The molecule has 1 aromatic heterocycles. The van der Waals surface area contributed by atoms with Gasteiger partial charge in [0.1, 0.15) is 6.33 Å². The van der Waals surface area contributed by atoms with Crippen molar-refractivity contribution >= 4 is 0 Å². The van der Waals surface area contributed by atoms with Crippen LogP contribution in [0.15, 0.2) is 12.5 Å². The van der Waals surface area contributed by atoms with E-state index in [2.05, 4.69) is 9.97 Å². The largest absolute Gasteiger partial charge is 0.375 e. The lowest BCUT2D eigenvalue weighted by Crippen LogP contribution is -2.11. The minimum absolute atomic E-state index is 0.651. The summed E-state index contributed by atoms with van der Waals surface area (Å²) >= 11 is 0. The maximum absolute atomic E-state index is 5.21. The zero-order chi connectivity index (χ0) is 6.81. The molecule has 0 radical (unpaired) electrons. The Labute approximate surface area is 59.1 Å². The summed E-state index contributed by atoms with van der Waals surface area (Å²) in [5.41, 5.74) is 2.27. The van der Waals surface area contributed by atoms with Gasteiger partial charge in [0, 0.05) is 6.20 Å². The molecule has 0 unspecified atom stereocenters. The number of hydrogen-bond acceptors (Lipinski definition) is 3. The first-order valence-corrected chi connectivity index (χ1v) is 3.32. The molecule has 1 aliphatic heterocycles. The molecule has 0 saturated heterocycles. The first kappa shape index (κ1) is 5.80. The van der Waals surface area contributed by atoms with E-state index < -0.39 is 0 Å². The molecule has 3 heteroatoms. The van der Waals surface area contributed by atoms with Crippen LogP contribution in [-0.4, -0.2) is 16.6 Å². The van der Waals surface area contributed by atoms with E-state index in [1.165, 1.54) is 5.56 Å². The number of nitrogens with zero attached hydrogens (tertiary/aromatic N) is 2. The van der Waals surface area contributed by atoms with Crippen molar-refractivity contribution in [2.45, 2.75) is 13.0 Å². The van der Waals surface area contributed by atoms with Crippen LogP contribution in [0.2, 0.25) is 0 Å². The second-order valence-electron chi connectivity index (χ2n) is 2.30. The lowest BCUT2D eigenvalue weighted by Gasteiger charge is -2.13. The maximum Gasteiger partial charge on any atom is 0.115 e. The van der Waals surface area contributed by atoms with Crippen LogP contribution in [0.25, 0.3) is 0 Å². The molecular weight excluding hydrogens is 128 g/mol. The van der Waals surface area contributed by atoms with Crippen molar-refractivity contribution in [1.29, 1.82) is 0 Å². The Kier molecular flexibility index (Phi) is 1.36. The molecule has 52 valence electrons. The average Bonchev–Trinajstić information content (AvgIpc) is 2.05. The Morgan fingerprint density at radius 2 is 2.50 bits per heavy atom. The van der Waals surface area contributed by atoms with E-state index in [4.69, 9.17) is 4.74 Å². The molecule has 2 rings (SSSR count). The van der Waals surface area contributed by atoms with E-state index in [0.717, 1.165) is 18.7 Å². The molecule has 3 nitrogen and oxygen atoms in total. The van der Waals surface area contributed by atoms with Crippen LogP contribution in [0.4, 0.5) is 0 Å². The Morgan fingerprint density at radius 3 is 3.40 bits per heavy atom. The van der Waals surface area contributed by atoms with Crippen molar-refractivity contribution in [1.82, 2.24) is 9.97 Å². The van der Waals surface area contributed by atoms with E-state index in [-0.39, 0.29) is 0 Å². The summed E-state index contributed by atoms with van der Waals surface area (Å²) in [5.74, 6) is 0. The van der Waals surface area contributed by atoms with E-state index >= 15 is 0 Å². The second kappa shape index (κ2) is 2.34. The fourth-order valence-corrected chi connectivity index (χ4v) is 1.07. The van der Waals surface area contributed by atoms with Crippen LogP contribution in [0, 0.1) is 0 Å². The van der Waals surface area contributed by atoms with E-state index in [0.29, 0.717) is 6.61 Å². The highest BCUT2D eigenvalue weighted by molar-refractivity contribution is 5.16. The van der Waals surface area contributed by atoms with Crippen LogP contribution in [-0.2, 0) is 17.8 Å². The summed E-state index contributed by atoms with van der Waals surface area (Å²) in [5, 5.41) is 0. The monoisotopic (exact) mass is 136 g/mol. The minimum atomic E-state index is 0.651. The topological polar surface area (TPSA) is 35.0 Å². The molecule has 0 bridgehead atoms. The summed E-state index contributed by atoms with van der Waals surface area (Å²) in [7, 11) is 0. The smallest absolute Gasteiger partial charge is 0.115 e. The number of ether oxygens (including phenoxy) is 1. The molecule has 1 aromatic rings. The lowest BCUT2D eigenvalue weighted by atomic mass is 10.1. The third-order valence-electron chi connectivity index (χ3n) is 1.64. The molecule has 0 aromatic carbocycles. The van der Waals surface area contributed by atoms with Gasteiger partial charge in [-0.05, 0) is 12.0 Å². The third kappa shape index (κ3) is 0.885. The van der Waals surface area contributed by atoms with Crippen LogP contribution in [0.5, 0.6) is 0 Å².